The number of nitrogens with zero attached hydrogens (tertiary/aromatic N) is 1. The minimum absolute atomic E-state index is 0.191. The highest BCUT2D eigenvalue weighted by Gasteiger charge is 2.01. The van der Waals surface area contributed by atoms with Gasteiger partial charge in [0, 0.05) is 19.5 Å². The molecule has 0 bridgehead atoms. The highest BCUT2D eigenvalue weighted by molar-refractivity contribution is 4.45. The van der Waals surface area contributed by atoms with Crippen LogP contribution in [0.1, 0.15) is 19.8 Å². The summed E-state index contributed by atoms with van der Waals surface area (Å²) in [7, 11) is 0. The molecule has 0 unspecified atom stereocenters. The average molecular weight is 149 g/mol. The minimum Gasteiger partial charge on any atom is -0.368 e. The van der Waals surface area contributed by atoms with E-state index in [0.717, 1.165) is 11.5 Å². The van der Waals surface area contributed by atoms with Gasteiger partial charge < -0.3 is 15.4 Å². The van der Waals surface area contributed by atoms with Crippen LogP contribution < -0.4 is 0 Å². The molecule has 4 nitrogen and oxygen atoms in total. The van der Waals surface area contributed by atoms with Crippen molar-refractivity contribution in [2.75, 3.05) is 13.1 Å². The first-order chi connectivity index (χ1) is 4.66. The zero-order chi connectivity index (χ0) is 7.98. The predicted octanol–water partition coefficient (Wildman–Crippen LogP) is -0.212. The van der Waals surface area contributed by atoms with Crippen molar-refractivity contribution in [1.29, 1.82) is 0 Å². The van der Waals surface area contributed by atoms with Crippen LogP contribution in [0, 0.1) is 0 Å². The van der Waals surface area contributed by atoms with Crippen molar-refractivity contribution in [1.82, 2.24) is 5.06 Å². The van der Waals surface area contributed by atoms with Crippen LogP contribution in [0.25, 0.3) is 0 Å². The molecule has 0 aliphatic carbocycles. The molecular formula is C6H15NO3. The van der Waals surface area contributed by atoms with Gasteiger partial charge in [0.2, 0.25) is 0 Å². The number of aliphatic hydroxyl groups excluding tert-OH is 1. The Hall–Kier alpha value is -0.160. The molecule has 10 heavy (non-hydrogen) atoms. The molecule has 0 saturated carbocycles. The van der Waals surface area contributed by atoms with Gasteiger partial charge in [-0.25, -0.2) is 0 Å². The summed E-state index contributed by atoms with van der Waals surface area (Å²) in [6.45, 7) is 2.83. The molecule has 0 aromatic heterocycles. The summed E-state index contributed by atoms with van der Waals surface area (Å²) in [6.07, 6.45) is -0.263. The van der Waals surface area contributed by atoms with Crippen molar-refractivity contribution in [3.63, 3.8) is 0 Å². The Morgan fingerprint density at radius 1 is 1.30 bits per heavy atom. The van der Waals surface area contributed by atoms with E-state index in [9.17, 15) is 0 Å². The zero-order valence-corrected chi connectivity index (χ0v) is 6.19. The molecule has 0 spiro atoms. The summed E-state index contributed by atoms with van der Waals surface area (Å²) in [5, 5.41) is 26.8. The molecule has 0 amide bonds. The van der Waals surface area contributed by atoms with Crippen LogP contribution in [0.4, 0.5) is 0 Å². The average Bonchev–Trinajstić information content (AvgIpc) is 1.85. The molecule has 0 radical (unpaired) electrons. The predicted molar refractivity (Wildman–Crippen MR) is 36.5 cm³/mol. The Balaban J connectivity index is 3.12. The van der Waals surface area contributed by atoms with E-state index in [2.05, 4.69) is 0 Å². The van der Waals surface area contributed by atoms with Crippen molar-refractivity contribution in [2.24, 2.45) is 0 Å². The largest absolute Gasteiger partial charge is 0.368 e. The van der Waals surface area contributed by atoms with Gasteiger partial charge in [-0.1, -0.05) is 6.92 Å². The van der Waals surface area contributed by atoms with E-state index in [4.69, 9.17) is 15.4 Å². The number of hydrogen-bond donors (Lipinski definition) is 3. The minimum atomic E-state index is -1.31. The molecule has 0 aromatic rings. The second-order valence-corrected chi connectivity index (χ2v) is 2.22. The van der Waals surface area contributed by atoms with Crippen LogP contribution in [0.5, 0.6) is 0 Å². The monoisotopic (exact) mass is 149 g/mol. The van der Waals surface area contributed by atoms with Crippen LogP contribution in [0.3, 0.4) is 0 Å². The van der Waals surface area contributed by atoms with Crippen LogP contribution in [-0.2, 0) is 0 Å². The molecule has 0 fully saturated rings. The fourth-order valence-electron chi connectivity index (χ4n) is 0.634. The van der Waals surface area contributed by atoms with Crippen LogP contribution in [0.15, 0.2) is 0 Å². The molecule has 0 aliphatic heterocycles. The van der Waals surface area contributed by atoms with Crippen molar-refractivity contribution >= 4 is 0 Å². The third-order valence-electron chi connectivity index (χ3n) is 1.13. The lowest BCUT2D eigenvalue weighted by molar-refractivity contribution is -0.118. The van der Waals surface area contributed by atoms with E-state index in [1.165, 1.54) is 0 Å². The lowest BCUT2D eigenvalue weighted by Crippen LogP contribution is -2.24. The summed E-state index contributed by atoms with van der Waals surface area (Å²) in [5.74, 6) is 0. The fraction of sp³-hybridized carbons (Fsp3) is 1.00. The highest BCUT2D eigenvalue weighted by Crippen LogP contribution is 1.91. The van der Waals surface area contributed by atoms with Crippen molar-refractivity contribution in [2.45, 2.75) is 26.1 Å². The van der Waals surface area contributed by atoms with Crippen LogP contribution in [-0.4, -0.2) is 39.9 Å². The van der Waals surface area contributed by atoms with Crippen molar-refractivity contribution in [3.05, 3.63) is 0 Å². The van der Waals surface area contributed by atoms with Gasteiger partial charge >= 0.3 is 0 Å². The Morgan fingerprint density at radius 2 is 1.90 bits per heavy atom. The molecule has 0 aromatic carbocycles. The number of rotatable bonds is 5. The summed E-state index contributed by atoms with van der Waals surface area (Å²) in [6, 6.07) is 0. The molecule has 0 rings (SSSR count). The molecule has 4 heteroatoms. The Kier molecular flexibility index (Phi) is 5.52. The maximum absolute atomic E-state index is 8.91. The number of hydrogen-bond acceptors (Lipinski definition) is 4. The second kappa shape index (κ2) is 5.61. The van der Waals surface area contributed by atoms with Crippen LogP contribution >= 0.6 is 0 Å². The summed E-state index contributed by atoms with van der Waals surface area (Å²) in [5.41, 5.74) is 0. The Morgan fingerprint density at radius 3 is 2.30 bits per heavy atom. The number of hydroxylamine groups is 2. The second-order valence-electron chi connectivity index (χ2n) is 2.22. The fourth-order valence-corrected chi connectivity index (χ4v) is 0.634. The van der Waals surface area contributed by atoms with Crippen molar-refractivity contribution < 1.29 is 15.4 Å². The first kappa shape index (κ1) is 9.84. The molecule has 0 heterocycles. The lowest BCUT2D eigenvalue weighted by Gasteiger charge is -2.13. The van der Waals surface area contributed by atoms with Gasteiger partial charge in [0.05, 0.1) is 0 Å². The maximum Gasteiger partial charge on any atom is 0.152 e. The highest BCUT2D eigenvalue weighted by atomic mass is 16.5. The third-order valence-corrected chi connectivity index (χ3v) is 1.13. The topological polar surface area (TPSA) is 63.9 Å². The first-order valence-electron chi connectivity index (χ1n) is 3.46. The Labute approximate surface area is 60.7 Å². The normalized spacial score (nSPS) is 11.4. The first-order valence-corrected chi connectivity index (χ1v) is 3.46. The zero-order valence-electron chi connectivity index (χ0n) is 6.19. The van der Waals surface area contributed by atoms with E-state index in [-0.39, 0.29) is 6.42 Å². The standard InChI is InChI=1S/C6H15NO3/c1-2-4-7(10)5-3-6(8)9/h6,8-10H,2-5H2,1H3. The molecule has 0 atom stereocenters. The van der Waals surface area contributed by atoms with Gasteiger partial charge in [-0.3, -0.25) is 0 Å². The van der Waals surface area contributed by atoms with E-state index in [1.54, 1.807) is 0 Å². The van der Waals surface area contributed by atoms with E-state index >= 15 is 0 Å². The van der Waals surface area contributed by atoms with Crippen LogP contribution in [0.2, 0.25) is 0 Å². The molecule has 3 N–H and O–H groups in total. The number of aliphatic hydroxyl groups is 2. The summed E-state index contributed by atoms with van der Waals surface area (Å²) in [4.78, 5) is 0. The summed E-state index contributed by atoms with van der Waals surface area (Å²) >= 11 is 0. The molecule has 62 valence electrons. The smallest absolute Gasteiger partial charge is 0.152 e. The summed E-state index contributed by atoms with van der Waals surface area (Å²) < 4.78 is 0. The lowest BCUT2D eigenvalue weighted by atomic mass is 10.4. The van der Waals surface area contributed by atoms with Gasteiger partial charge in [0.25, 0.3) is 0 Å². The van der Waals surface area contributed by atoms with E-state index in [1.807, 2.05) is 6.92 Å². The van der Waals surface area contributed by atoms with E-state index < -0.39 is 6.29 Å². The van der Waals surface area contributed by atoms with Gasteiger partial charge in [-0.05, 0) is 6.42 Å². The maximum atomic E-state index is 8.91. The third kappa shape index (κ3) is 5.97. The Bertz CT molecular complexity index is 77.4. The van der Waals surface area contributed by atoms with Crippen molar-refractivity contribution in [3.8, 4) is 0 Å². The molecule has 0 saturated heterocycles. The SMILES string of the molecule is CCCN(O)CCC(O)O. The molecular weight excluding hydrogens is 134 g/mol. The van der Waals surface area contributed by atoms with Gasteiger partial charge in [-0.2, -0.15) is 5.06 Å². The van der Waals surface area contributed by atoms with Gasteiger partial charge in [0.1, 0.15) is 0 Å². The van der Waals surface area contributed by atoms with Gasteiger partial charge in [0.15, 0.2) is 6.29 Å². The van der Waals surface area contributed by atoms with Gasteiger partial charge in [-0.15, -0.1) is 0 Å². The van der Waals surface area contributed by atoms with E-state index in [0.29, 0.717) is 13.1 Å². The quantitative estimate of drug-likeness (QED) is 0.374. The molecule has 0 aliphatic rings.